The van der Waals surface area contributed by atoms with Crippen LogP contribution in [0.1, 0.15) is 39.2 Å². The maximum Gasteiger partial charge on any atom is 0.228 e. The Bertz CT molecular complexity index is 319. The third kappa shape index (κ3) is 3.08. The number of carbonyl (C=O) groups excluding carboxylic acids is 1. The summed E-state index contributed by atoms with van der Waals surface area (Å²) in [6.45, 7) is 6.06. The first-order chi connectivity index (χ1) is 7.19. The lowest BCUT2D eigenvalue weighted by Crippen LogP contribution is -2.21. The molecule has 84 valence electrons. The highest BCUT2D eigenvalue weighted by molar-refractivity contribution is 5.91. The van der Waals surface area contributed by atoms with Gasteiger partial charge in [0.15, 0.2) is 0 Å². The number of H-pyrrole nitrogens is 1. The number of anilines is 1. The SMILES string of the molecule is CCCC(C)C(=O)Nc1[nH]ncc1CC. The molecule has 15 heavy (non-hydrogen) atoms. The Hall–Kier alpha value is -1.32. The molecule has 0 aliphatic rings. The summed E-state index contributed by atoms with van der Waals surface area (Å²) < 4.78 is 0. The number of aromatic nitrogens is 2. The summed E-state index contributed by atoms with van der Waals surface area (Å²) in [5.74, 6) is 0.865. The molecule has 1 atom stereocenters. The van der Waals surface area contributed by atoms with Crippen molar-refractivity contribution in [3.05, 3.63) is 11.8 Å². The van der Waals surface area contributed by atoms with E-state index >= 15 is 0 Å². The molecule has 1 aromatic heterocycles. The summed E-state index contributed by atoms with van der Waals surface area (Å²) in [5.41, 5.74) is 1.05. The zero-order chi connectivity index (χ0) is 11.3. The van der Waals surface area contributed by atoms with Gasteiger partial charge in [0.25, 0.3) is 0 Å². The Kier molecular flexibility index (Phi) is 4.34. The number of hydrogen-bond donors (Lipinski definition) is 2. The van der Waals surface area contributed by atoms with Crippen LogP contribution in [0.2, 0.25) is 0 Å². The van der Waals surface area contributed by atoms with Crippen LogP contribution in [0.15, 0.2) is 6.20 Å². The molecule has 0 radical (unpaired) electrons. The van der Waals surface area contributed by atoms with Crippen molar-refractivity contribution in [3.63, 3.8) is 0 Å². The topological polar surface area (TPSA) is 57.8 Å². The maximum atomic E-state index is 11.7. The fourth-order valence-electron chi connectivity index (χ4n) is 1.50. The van der Waals surface area contributed by atoms with E-state index in [0.717, 1.165) is 30.6 Å². The molecule has 0 bridgehead atoms. The second-order valence-corrected chi connectivity index (χ2v) is 3.80. The molecule has 1 amide bonds. The van der Waals surface area contributed by atoms with E-state index in [1.54, 1.807) is 6.20 Å². The summed E-state index contributed by atoms with van der Waals surface area (Å²) in [4.78, 5) is 11.7. The van der Waals surface area contributed by atoms with Crippen molar-refractivity contribution < 1.29 is 4.79 Å². The third-order valence-electron chi connectivity index (χ3n) is 2.52. The quantitative estimate of drug-likeness (QED) is 0.782. The summed E-state index contributed by atoms with van der Waals surface area (Å²) in [6, 6.07) is 0. The van der Waals surface area contributed by atoms with E-state index < -0.39 is 0 Å². The first-order valence-electron chi connectivity index (χ1n) is 5.52. The number of amides is 1. The van der Waals surface area contributed by atoms with E-state index in [9.17, 15) is 4.79 Å². The van der Waals surface area contributed by atoms with Gasteiger partial charge in [0.05, 0.1) is 6.20 Å². The molecule has 4 nitrogen and oxygen atoms in total. The van der Waals surface area contributed by atoms with Crippen molar-refractivity contribution in [3.8, 4) is 0 Å². The highest BCUT2D eigenvalue weighted by atomic mass is 16.1. The molecule has 1 unspecified atom stereocenters. The lowest BCUT2D eigenvalue weighted by Gasteiger charge is -2.10. The predicted octanol–water partition coefficient (Wildman–Crippen LogP) is 2.35. The minimum Gasteiger partial charge on any atom is -0.311 e. The Labute approximate surface area is 90.5 Å². The number of nitrogens with zero attached hydrogens (tertiary/aromatic N) is 1. The Morgan fingerprint density at radius 1 is 1.60 bits per heavy atom. The van der Waals surface area contributed by atoms with Crippen LogP contribution in [-0.4, -0.2) is 16.1 Å². The van der Waals surface area contributed by atoms with Gasteiger partial charge in [-0.2, -0.15) is 5.10 Å². The van der Waals surface area contributed by atoms with Gasteiger partial charge in [-0.25, -0.2) is 0 Å². The first kappa shape index (κ1) is 11.8. The fourth-order valence-corrected chi connectivity index (χ4v) is 1.50. The zero-order valence-electron chi connectivity index (χ0n) is 9.63. The van der Waals surface area contributed by atoms with Gasteiger partial charge in [-0.1, -0.05) is 27.2 Å². The molecule has 0 saturated heterocycles. The van der Waals surface area contributed by atoms with E-state index in [1.165, 1.54) is 0 Å². The molecule has 2 N–H and O–H groups in total. The Morgan fingerprint density at radius 2 is 2.33 bits per heavy atom. The molecule has 0 aliphatic carbocycles. The zero-order valence-corrected chi connectivity index (χ0v) is 9.63. The van der Waals surface area contributed by atoms with Crippen LogP contribution in [0.3, 0.4) is 0 Å². The third-order valence-corrected chi connectivity index (χ3v) is 2.52. The van der Waals surface area contributed by atoms with Gasteiger partial charge in [-0.15, -0.1) is 0 Å². The van der Waals surface area contributed by atoms with E-state index in [1.807, 2.05) is 13.8 Å². The van der Waals surface area contributed by atoms with Gasteiger partial charge in [0.2, 0.25) is 5.91 Å². The number of nitrogens with one attached hydrogen (secondary N) is 2. The summed E-state index contributed by atoms with van der Waals surface area (Å²) in [5, 5.41) is 9.58. The molecular formula is C11H19N3O. The fraction of sp³-hybridized carbons (Fsp3) is 0.636. The van der Waals surface area contributed by atoms with Crippen LogP contribution >= 0.6 is 0 Å². The van der Waals surface area contributed by atoms with Crippen molar-refractivity contribution in [1.82, 2.24) is 10.2 Å². The van der Waals surface area contributed by atoms with Crippen molar-refractivity contribution >= 4 is 11.7 Å². The molecule has 1 heterocycles. The van der Waals surface area contributed by atoms with Crippen LogP contribution in [0.4, 0.5) is 5.82 Å². The molecule has 0 aliphatic heterocycles. The van der Waals surface area contributed by atoms with E-state index in [4.69, 9.17) is 0 Å². The average molecular weight is 209 g/mol. The second kappa shape index (κ2) is 5.53. The standard InChI is InChI=1S/C11H19N3O/c1-4-6-8(3)11(15)13-10-9(5-2)7-12-14-10/h7-8H,4-6H2,1-3H3,(H2,12,13,14,15). The monoisotopic (exact) mass is 209 g/mol. The largest absolute Gasteiger partial charge is 0.311 e. The van der Waals surface area contributed by atoms with Gasteiger partial charge in [0.1, 0.15) is 5.82 Å². The normalized spacial score (nSPS) is 12.5. The van der Waals surface area contributed by atoms with Crippen molar-refractivity contribution in [1.29, 1.82) is 0 Å². The highest BCUT2D eigenvalue weighted by Crippen LogP contribution is 2.14. The van der Waals surface area contributed by atoms with E-state index in [-0.39, 0.29) is 11.8 Å². The highest BCUT2D eigenvalue weighted by Gasteiger charge is 2.13. The van der Waals surface area contributed by atoms with Gasteiger partial charge in [-0.05, 0) is 12.8 Å². The first-order valence-corrected chi connectivity index (χ1v) is 5.52. The van der Waals surface area contributed by atoms with Crippen LogP contribution in [0, 0.1) is 5.92 Å². The molecule has 0 fully saturated rings. The molecule has 0 saturated carbocycles. The maximum absolute atomic E-state index is 11.7. The smallest absolute Gasteiger partial charge is 0.228 e. The number of carbonyl (C=O) groups is 1. The Morgan fingerprint density at radius 3 is 2.93 bits per heavy atom. The Balaban J connectivity index is 2.58. The summed E-state index contributed by atoms with van der Waals surface area (Å²) in [6.07, 6.45) is 4.56. The van der Waals surface area contributed by atoms with Crippen molar-refractivity contribution in [2.75, 3.05) is 5.32 Å². The van der Waals surface area contributed by atoms with Crippen LogP contribution in [0.25, 0.3) is 0 Å². The van der Waals surface area contributed by atoms with E-state index in [0.29, 0.717) is 0 Å². The van der Waals surface area contributed by atoms with Gasteiger partial charge in [-0.3, -0.25) is 9.89 Å². The van der Waals surface area contributed by atoms with Gasteiger partial charge in [0, 0.05) is 11.5 Å². The molecular weight excluding hydrogens is 190 g/mol. The molecule has 4 heteroatoms. The van der Waals surface area contributed by atoms with Gasteiger partial charge >= 0.3 is 0 Å². The summed E-state index contributed by atoms with van der Waals surface area (Å²) >= 11 is 0. The van der Waals surface area contributed by atoms with Crippen LogP contribution in [-0.2, 0) is 11.2 Å². The second-order valence-electron chi connectivity index (χ2n) is 3.80. The predicted molar refractivity (Wildman–Crippen MR) is 60.7 cm³/mol. The van der Waals surface area contributed by atoms with Crippen molar-refractivity contribution in [2.45, 2.75) is 40.0 Å². The van der Waals surface area contributed by atoms with Crippen LogP contribution in [0.5, 0.6) is 0 Å². The number of aromatic amines is 1. The van der Waals surface area contributed by atoms with Gasteiger partial charge < -0.3 is 5.32 Å². The lowest BCUT2D eigenvalue weighted by molar-refractivity contribution is -0.119. The molecule has 1 rings (SSSR count). The lowest BCUT2D eigenvalue weighted by atomic mass is 10.1. The van der Waals surface area contributed by atoms with Crippen LogP contribution < -0.4 is 5.32 Å². The number of hydrogen-bond acceptors (Lipinski definition) is 2. The minimum absolute atomic E-state index is 0.0583. The minimum atomic E-state index is 0.0583. The average Bonchev–Trinajstić information content (AvgIpc) is 2.65. The molecule has 0 spiro atoms. The number of aryl methyl sites for hydroxylation is 1. The molecule has 1 aromatic rings. The van der Waals surface area contributed by atoms with E-state index in [2.05, 4.69) is 22.4 Å². The summed E-state index contributed by atoms with van der Waals surface area (Å²) in [7, 11) is 0. The number of rotatable bonds is 5. The van der Waals surface area contributed by atoms with Crippen molar-refractivity contribution in [2.24, 2.45) is 5.92 Å². The molecule has 0 aromatic carbocycles.